The first-order valence-electron chi connectivity index (χ1n) is 7.58. The van der Waals surface area contributed by atoms with Gasteiger partial charge in [-0.2, -0.15) is 0 Å². The van der Waals surface area contributed by atoms with E-state index in [1.54, 1.807) is 7.05 Å². The molecule has 5 heteroatoms. The average molecular weight is 287 g/mol. The van der Waals surface area contributed by atoms with Gasteiger partial charge in [-0.3, -0.25) is 0 Å². The molecular formula is C15H29NO4. The molecule has 0 radical (unpaired) electrons. The Bertz CT molecular complexity index is 292. The third-order valence-electron chi connectivity index (χ3n) is 3.51. The number of ether oxygens (including phenoxy) is 3. The number of carbonyl (C=O) groups is 1. The molecule has 0 aromatic rings. The van der Waals surface area contributed by atoms with E-state index in [1.165, 1.54) is 0 Å². The Kier molecular flexibility index (Phi) is 7.48. The molecule has 0 bridgehead atoms. The van der Waals surface area contributed by atoms with Crippen molar-refractivity contribution in [1.82, 2.24) is 5.32 Å². The molecule has 0 aromatic heterocycles. The van der Waals surface area contributed by atoms with Crippen LogP contribution >= 0.6 is 0 Å². The Morgan fingerprint density at radius 2 is 1.95 bits per heavy atom. The molecule has 118 valence electrons. The van der Waals surface area contributed by atoms with E-state index < -0.39 is 5.54 Å². The summed E-state index contributed by atoms with van der Waals surface area (Å²) in [6, 6.07) is 0. The summed E-state index contributed by atoms with van der Waals surface area (Å²) < 4.78 is 16.3. The van der Waals surface area contributed by atoms with Crippen molar-refractivity contribution in [1.29, 1.82) is 0 Å². The zero-order valence-corrected chi connectivity index (χ0v) is 13.2. The van der Waals surface area contributed by atoms with Crippen LogP contribution in [0.5, 0.6) is 0 Å². The number of nitrogens with one attached hydrogen (secondary N) is 1. The first-order valence-corrected chi connectivity index (χ1v) is 7.58. The van der Waals surface area contributed by atoms with Gasteiger partial charge in [-0.05, 0) is 38.6 Å². The van der Waals surface area contributed by atoms with Crippen LogP contribution in [0.2, 0.25) is 0 Å². The summed E-state index contributed by atoms with van der Waals surface area (Å²) in [7, 11) is 1.80. The highest BCUT2D eigenvalue weighted by Gasteiger charge is 2.51. The van der Waals surface area contributed by atoms with Gasteiger partial charge in [-0.15, -0.1) is 0 Å². The lowest BCUT2D eigenvalue weighted by Gasteiger charge is -2.30. The second kappa shape index (κ2) is 8.60. The summed E-state index contributed by atoms with van der Waals surface area (Å²) in [6.07, 6.45) is 2.10. The van der Waals surface area contributed by atoms with Crippen LogP contribution in [-0.4, -0.2) is 51.6 Å². The van der Waals surface area contributed by atoms with E-state index in [0.29, 0.717) is 38.3 Å². The Hall–Kier alpha value is -0.650. The summed E-state index contributed by atoms with van der Waals surface area (Å²) in [4.78, 5) is 12.2. The van der Waals surface area contributed by atoms with E-state index in [2.05, 4.69) is 19.2 Å². The Balaban J connectivity index is 2.36. The van der Waals surface area contributed by atoms with Gasteiger partial charge in [-0.1, -0.05) is 13.8 Å². The predicted octanol–water partition coefficient (Wildman–Crippen LogP) is 1.61. The number of hydrogen-bond donors (Lipinski definition) is 1. The van der Waals surface area contributed by atoms with Crippen molar-refractivity contribution in [2.75, 3.05) is 40.1 Å². The van der Waals surface area contributed by atoms with Gasteiger partial charge in [0, 0.05) is 6.61 Å². The largest absolute Gasteiger partial charge is 0.465 e. The number of likely N-dealkylation sites (N-methyl/N-ethyl adjacent to an activating group) is 1. The smallest absolute Gasteiger partial charge is 0.329 e. The van der Waals surface area contributed by atoms with Crippen LogP contribution in [0.4, 0.5) is 0 Å². The molecule has 1 rings (SSSR count). The Morgan fingerprint density at radius 3 is 2.45 bits per heavy atom. The fraction of sp³-hybridized carbons (Fsp3) is 0.933. The maximum absolute atomic E-state index is 12.2. The van der Waals surface area contributed by atoms with Crippen molar-refractivity contribution >= 4 is 5.97 Å². The first kappa shape index (κ1) is 17.4. The number of rotatable bonds is 11. The molecule has 1 saturated carbocycles. The van der Waals surface area contributed by atoms with Crippen LogP contribution in [0.1, 0.15) is 33.6 Å². The van der Waals surface area contributed by atoms with Crippen LogP contribution < -0.4 is 5.32 Å². The molecule has 1 unspecified atom stereocenters. The summed E-state index contributed by atoms with van der Waals surface area (Å²) in [5.74, 6) is 0.647. The summed E-state index contributed by atoms with van der Waals surface area (Å²) in [6.45, 7) is 8.59. The van der Waals surface area contributed by atoms with Crippen molar-refractivity contribution in [3.8, 4) is 0 Å². The first-order chi connectivity index (χ1) is 9.56. The van der Waals surface area contributed by atoms with Gasteiger partial charge < -0.3 is 19.5 Å². The van der Waals surface area contributed by atoms with E-state index in [9.17, 15) is 4.79 Å². The molecule has 1 aliphatic carbocycles. The van der Waals surface area contributed by atoms with E-state index >= 15 is 0 Å². The second-order valence-electron chi connectivity index (χ2n) is 5.74. The topological polar surface area (TPSA) is 56.8 Å². The van der Waals surface area contributed by atoms with Gasteiger partial charge in [0.25, 0.3) is 0 Å². The van der Waals surface area contributed by atoms with E-state index in [0.717, 1.165) is 19.4 Å². The molecule has 1 N–H and O–H groups in total. The number of esters is 1. The Labute approximate surface area is 122 Å². The molecule has 20 heavy (non-hydrogen) atoms. The molecule has 0 aliphatic heterocycles. The van der Waals surface area contributed by atoms with E-state index in [4.69, 9.17) is 14.2 Å². The summed E-state index contributed by atoms with van der Waals surface area (Å²) in [5, 5.41) is 3.13. The van der Waals surface area contributed by atoms with Crippen molar-refractivity contribution in [2.45, 2.75) is 39.2 Å². The zero-order chi connectivity index (χ0) is 15.0. The predicted molar refractivity (Wildman–Crippen MR) is 77.6 cm³/mol. The van der Waals surface area contributed by atoms with Gasteiger partial charge in [0.05, 0.1) is 26.4 Å². The summed E-state index contributed by atoms with van der Waals surface area (Å²) in [5.41, 5.74) is -0.686. The van der Waals surface area contributed by atoms with Crippen LogP contribution in [0.25, 0.3) is 0 Å². The van der Waals surface area contributed by atoms with Crippen molar-refractivity contribution in [3.05, 3.63) is 0 Å². The van der Waals surface area contributed by atoms with Gasteiger partial charge in [-0.25, -0.2) is 4.79 Å². The fourth-order valence-electron chi connectivity index (χ4n) is 2.23. The normalized spacial score (nSPS) is 18.1. The lowest BCUT2D eigenvalue weighted by Crippen LogP contribution is -2.57. The third kappa shape index (κ3) is 5.04. The average Bonchev–Trinajstić information content (AvgIpc) is 3.23. The molecule has 0 heterocycles. The molecule has 0 saturated heterocycles. The van der Waals surface area contributed by atoms with Crippen LogP contribution in [0.3, 0.4) is 0 Å². The van der Waals surface area contributed by atoms with Gasteiger partial charge in [0.15, 0.2) is 0 Å². The van der Waals surface area contributed by atoms with Crippen molar-refractivity contribution in [2.24, 2.45) is 11.8 Å². The standard InChI is InChI=1S/C15H29NO4/c1-5-20-14(17)15(16-4,13-6-7-13)11-19-9-8-18-10-12(2)3/h12-13,16H,5-11H2,1-4H3. The molecule has 0 aromatic carbocycles. The molecule has 1 atom stereocenters. The van der Waals surface area contributed by atoms with E-state index in [-0.39, 0.29) is 5.97 Å². The molecule has 1 fully saturated rings. The SMILES string of the molecule is CCOC(=O)C(COCCOCC(C)C)(NC)C1CC1. The van der Waals surface area contributed by atoms with Crippen LogP contribution in [0.15, 0.2) is 0 Å². The second-order valence-corrected chi connectivity index (χ2v) is 5.74. The zero-order valence-electron chi connectivity index (χ0n) is 13.2. The lowest BCUT2D eigenvalue weighted by atomic mass is 9.94. The molecule has 0 amide bonds. The maximum Gasteiger partial charge on any atom is 0.329 e. The van der Waals surface area contributed by atoms with Gasteiger partial charge in [0.2, 0.25) is 0 Å². The van der Waals surface area contributed by atoms with Crippen molar-refractivity contribution in [3.63, 3.8) is 0 Å². The molecule has 0 spiro atoms. The molecular weight excluding hydrogens is 258 g/mol. The molecule has 5 nitrogen and oxygen atoms in total. The van der Waals surface area contributed by atoms with E-state index in [1.807, 2.05) is 6.92 Å². The maximum atomic E-state index is 12.2. The fourth-order valence-corrected chi connectivity index (χ4v) is 2.23. The highest BCUT2D eigenvalue weighted by Crippen LogP contribution is 2.40. The highest BCUT2D eigenvalue weighted by atomic mass is 16.5. The Morgan fingerprint density at radius 1 is 1.30 bits per heavy atom. The summed E-state index contributed by atoms with van der Waals surface area (Å²) >= 11 is 0. The monoisotopic (exact) mass is 287 g/mol. The minimum Gasteiger partial charge on any atom is -0.465 e. The number of hydrogen-bond acceptors (Lipinski definition) is 5. The molecule has 1 aliphatic rings. The third-order valence-corrected chi connectivity index (χ3v) is 3.51. The van der Waals surface area contributed by atoms with Gasteiger partial charge >= 0.3 is 5.97 Å². The van der Waals surface area contributed by atoms with Crippen molar-refractivity contribution < 1.29 is 19.0 Å². The lowest BCUT2D eigenvalue weighted by molar-refractivity contribution is -0.155. The number of carbonyl (C=O) groups excluding carboxylic acids is 1. The minimum atomic E-state index is -0.686. The minimum absolute atomic E-state index is 0.201. The van der Waals surface area contributed by atoms with Crippen LogP contribution in [-0.2, 0) is 19.0 Å². The quantitative estimate of drug-likeness (QED) is 0.462. The highest BCUT2D eigenvalue weighted by molar-refractivity contribution is 5.82. The van der Waals surface area contributed by atoms with Gasteiger partial charge in [0.1, 0.15) is 5.54 Å². The van der Waals surface area contributed by atoms with Crippen LogP contribution in [0, 0.1) is 11.8 Å².